The van der Waals surface area contributed by atoms with E-state index in [0.717, 1.165) is 19.6 Å². The van der Waals surface area contributed by atoms with Crippen molar-refractivity contribution in [3.63, 3.8) is 0 Å². The molecule has 1 fully saturated rings. The molecule has 130 valence electrons. The summed E-state index contributed by atoms with van der Waals surface area (Å²) in [5.74, 6) is 0.700. The predicted molar refractivity (Wildman–Crippen MR) is 98.6 cm³/mol. The van der Waals surface area contributed by atoms with Crippen molar-refractivity contribution in [3.8, 4) is 0 Å². The normalized spacial score (nSPS) is 29.7. The lowest BCUT2D eigenvalue weighted by molar-refractivity contribution is -0.132. The second-order valence-electron chi connectivity index (χ2n) is 7.93. The summed E-state index contributed by atoms with van der Waals surface area (Å²) < 4.78 is 6.10. The minimum atomic E-state index is 0.0631. The van der Waals surface area contributed by atoms with E-state index in [2.05, 4.69) is 70.3 Å². The Bertz CT molecular complexity index is 472. The molecule has 0 aliphatic carbocycles. The van der Waals surface area contributed by atoms with Crippen LogP contribution < -0.4 is 5.32 Å². The number of hydrogen-bond acceptors (Lipinski definition) is 2. The zero-order chi connectivity index (χ0) is 16.9. The highest BCUT2D eigenvalue weighted by Crippen LogP contribution is 2.47. The second-order valence-corrected chi connectivity index (χ2v) is 7.93. The summed E-state index contributed by atoms with van der Waals surface area (Å²) >= 11 is 0. The van der Waals surface area contributed by atoms with Crippen molar-refractivity contribution in [1.29, 1.82) is 0 Å². The molecule has 23 heavy (non-hydrogen) atoms. The van der Waals surface area contributed by atoms with E-state index in [0.29, 0.717) is 17.4 Å². The van der Waals surface area contributed by atoms with Crippen molar-refractivity contribution < 1.29 is 4.74 Å². The van der Waals surface area contributed by atoms with E-state index in [9.17, 15) is 0 Å². The van der Waals surface area contributed by atoms with Gasteiger partial charge in [0.15, 0.2) is 0 Å². The van der Waals surface area contributed by atoms with E-state index in [1.54, 1.807) is 0 Å². The Hall–Kier alpha value is -0.860. The smallest absolute Gasteiger partial charge is 0.0657 e. The van der Waals surface area contributed by atoms with E-state index in [1.165, 1.54) is 24.8 Å². The van der Waals surface area contributed by atoms with Gasteiger partial charge in [-0.1, -0.05) is 51.1 Å². The molecule has 3 atom stereocenters. The van der Waals surface area contributed by atoms with Gasteiger partial charge in [0, 0.05) is 12.6 Å². The van der Waals surface area contributed by atoms with Crippen LogP contribution in [0.5, 0.6) is 0 Å². The van der Waals surface area contributed by atoms with E-state index in [-0.39, 0.29) is 5.60 Å². The van der Waals surface area contributed by atoms with Crippen LogP contribution in [0.4, 0.5) is 0 Å². The summed E-state index contributed by atoms with van der Waals surface area (Å²) in [6.45, 7) is 13.6. The largest absolute Gasteiger partial charge is 0.375 e. The van der Waals surface area contributed by atoms with Gasteiger partial charge in [-0.3, -0.25) is 0 Å². The summed E-state index contributed by atoms with van der Waals surface area (Å²) in [6.07, 6.45) is 4.73. The molecule has 0 saturated carbocycles. The highest BCUT2D eigenvalue weighted by molar-refractivity contribution is 5.18. The Morgan fingerprint density at radius 1 is 1.17 bits per heavy atom. The topological polar surface area (TPSA) is 21.3 Å². The van der Waals surface area contributed by atoms with Crippen molar-refractivity contribution in [2.24, 2.45) is 11.3 Å². The fourth-order valence-corrected chi connectivity index (χ4v) is 4.00. The standard InChI is InChI=1S/C21H35NO/c1-6-20(5)16-21(17(2)3,13-15-23-20)12-14-22-18(4)19-10-8-7-9-11-19/h7-11,17-18,22H,6,12-16H2,1-5H3/t18-,20-,21-/m0/s1. The molecule has 1 aromatic carbocycles. The van der Waals surface area contributed by atoms with Gasteiger partial charge >= 0.3 is 0 Å². The average Bonchev–Trinajstić information content (AvgIpc) is 2.55. The minimum Gasteiger partial charge on any atom is -0.375 e. The summed E-state index contributed by atoms with van der Waals surface area (Å²) in [5, 5.41) is 3.73. The van der Waals surface area contributed by atoms with E-state index in [1.807, 2.05) is 0 Å². The summed E-state index contributed by atoms with van der Waals surface area (Å²) in [5.41, 5.74) is 1.84. The SMILES string of the molecule is CC[C@@]1(C)C[C@@](CCN[C@@H](C)c2ccccc2)(C(C)C)CCO1. The molecule has 2 nitrogen and oxygen atoms in total. The Morgan fingerprint density at radius 3 is 2.48 bits per heavy atom. The molecule has 1 N–H and O–H groups in total. The summed E-state index contributed by atoms with van der Waals surface area (Å²) in [4.78, 5) is 0. The number of benzene rings is 1. The molecule has 0 unspecified atom stereocenters. The Kier molecular flexibility index (Phi) is 6.27. The number of hydrogen-bond donors (Lipinski definition) is 1. The van der Waals surface area contributed by atoms with Crippen molar-refractivity contribution in [2.45, 2.75) is 71.9 Å². The fraction of sp³-hybridized carbons (Fsp3) is 0.714. The van der Waals surface area contributed by atoms with Crippen LogP contribution in [-0.4, -0.2) is 18.8 Å². The van der Waals surface area contributed by atoms with Gasteiger partial charge < -0.3 is 10.1 Å². The molecule has 1 aromatic rings. The van der Waals surface area contributed by atoms with E-state index >= 15 is 0 Å². The lowest BCUT2D eigenvalue weighted by Gasteiger charge is -2.49. The first-order chi connectivity index (χ1) is 10.9. The second kappa shape index (κ2) is 7.81. The third-order valence-corrected chi connectivity index (χ3v) is 6.12. The van der Waals surface area contributed by atoms with Crippen LogP contribution in [0.2, 0.25) is 0 Å². The van der Waals surface area contributed by atoms with Crippen molar-refractivity contribution in [3.05, 3.63) is 35.9 Å². The fourth-order valence-electron chi connectivity index (χ4n) is 4.00. The van der Waals surface area contributed by atoms with Crippen molar-refractivity contribution in [1.82, 2.24) is 5.32 Å². The molecular formula is C21H35NO. The van der Waals surface area contributed by atoms with E-state index < -0.39 is 0 Å². The molecule has 0 radical (unpaired) electrons. The number of ether oxygens (including phenoxy) is 1. The molecule has 0 aromatic heterocycles. The molecule has 0 spiro atoms. The third kappa shape index (κ3) is 4.58. The van der Waals surface area contributed by atoms with Gasteiger partial charge in [0.25, 0.3) is 0 Å². The van der Waals surface area contributed by atoms with Crippen LogP contribution in [0.15, 0.2) is 30.3 Å². The zero-order valence-corrected chi connectivity index (χ0v) is 15.7. The van der Waals surface area contributed by atoms with Crippen LogP contribution in [0.25, 0.3) is 0 Å². The van der Waals surface area contributed by atoms with Crippen LogP contribution >= 0.6 is 0 Å². The lowest BCUT2D eigenvalue weighted by atomic mass is 9.64. The van der Waals surface area contributed by atoms with Gasteiger partial charge in [0.2, 0.25) is 0 Å². The first-order valence-corrected chi connectivity index (χ1v) is 9.33. The minimum absolute atomic E-state index is 0.0631. The van der Waals surface area contributed by atoms with Crippen molar-refractivity contribution >= 4 is 0 Å². The maximum absolute atomic E-state index is 6.10. The molecular weight excluding hydrogens is 282 g/mol. The van der Waals surface area contributed by atoms with Crippen LogP contribution in [-0.2, 0) is 4.74 Å². The number of rotatable bonds is 7. The van der Waals surface area contributed by atoms with Gasteiger partial charge in [-0.15, -0.1) is 0 Å². The van der Waals surface area contributed by atoms with Gasteiger partial charge in [0.05, 0.1) is 5.60 Å². The maximum atomic E-state index is 6.10. The average molecular weight is 318 g/mol. The Balaban J connectivity index is 1.95. The quantitative estimate of drug-likeness (QED) is 0.732. The van der Waals surface area contributed by atoms with Gasteiger partial charge in [-0.05, 0) is 63.0 Å². The maximum Gasteiger partial charge on any atom is 0.0657 e. The Labute approximate surface area is 143 Å². The monoisotopic (exact) mass is 317 g/mol. The molecule has 2 rings (SSSR count). The Morgan fingerprint density at radius 2 is 1.87 bits per heavy atom. The molecule has 2 heteroatoms. The van der Waals surface area contributed by atoms with E-state index in [4.69, 9.17) is 4.74 Å². The summed E-state index contributed by atoms with van der Waals surface area (Å²) in [6, 6.07) is 11.1. The first-order valence-electron chi connectivity index (χ1n) is 9.33. The molecule has 1 aliphatic rings. The molecule has 0 bridgehead atoms. The lowest BCUT2D eigenvalue weighted by Crippen LogP contribution is -2.46. The predicted octanol–water partition coefficient (Wildman–Crippen LogP) is 5.35. The molecule has 0 amide bonds. The highest BCUT2D eigenvalue weighted by atomic mass is 16.5. The van der Waals surface area contributed by atoms with Crippen molar-refractivity contribution in [2.75, 3.05) is 13.2 Å². The van der Waals surface area contributed by atoms with Gasteiger partial charge in [0.1, 0.15) is 0 Å². The van der Waals surface area contributed by atoms with Crippen LogP contribution in [0.3, 0.4) is 0 Å². The highest BCUT2D eigenvalue weighted by Gasteiger charge is 2.43. The third-order valence-electron chi connectivity index (χ3n) is 6.12. The van der Waals surface area contributed by atoms with Gasteiger partial charge in [-0.25, -0.2) is 0 Å². The first kappa shape index (κ1) is 18.5. The molecule has 1 heterocycles. The summed E-state index contributed by atoms with van der Waals surface area (Å²) in [7, 11) is 0. The van der Waals surface area contributed by atoms with Gasteiger partial charge in [-0.2, -0.15) is 0 Å². The molecule has 1 aliphatic heterocycles. The van der Waals surface area contributed by atoms with Crippen LogP contribution in [0.1, 0.15) is 71.9 Å². The van der Waals surface area contributed by atoms with Crippen LogP contribution in [0, 0.1) is 11.3 Å². The zero-order valence-electron chi connectivity index (χ0n) is 15.7. The molecule has 1 saturated heterocycles. The number of nitrogens with one attached hydrogen (secondary N) is 1.